The van der Waals surface area contributed by atoms with Crippen LogP contribution in [0, 0.1) is 0 Å². The van der Waals surface area contributed by atoms with Crippen LogP contribution in [0.2, 0.25) is 0 Å². The van der Waals surface area contributed by atoms with E-state index in [4.69, 9.17) is 0 Å². The SMILES string of the molecule is c1cncc(NCc2cccc3[nH]ccc23)c1. The van der Waals surface area contributed by atoms with Crippen molar-refractivity contribution >= 4 is 16.6 Å². The van der Waals surface area contributed by atoms with E-state index in [9.17, 15) is 0 Å². The summed E-state index contributed by atoms with van der Waals surface area (Å²) in [5.74, 6) is 0. The van der Waals surface area contributed by atoms with Crippen LogP contribution in [0.15, 0.2) is 55.0 Å². The van der Waals surface area contributed by atoms with Crippen molar-refractivity contribution in [1.82, 2.24) is 9.97 Å². The zero-order chi connectivity index (χ0) is 11.5. The Morgan fingerprint density at radius 3 is 3.00 bits per heavy atom. The summed E-state index contributed by atoms with van der Waals surface area (Å²) in [6, 6.07) is 12.3. The molecule has 2 N–H and O–H groups in total. The maximum Gasteiger partial charge on any atom is 0.0529 e. The van der Waals surface area contributed by atoms with E-state index in [2.05, 4.69) is 39.6 Å². The average molecular weight is 223 g/mol. The number of aromatic amines is 1. The van der Waals surface area contributed by atoms with Gasteiger partial charge in [-0.25, -0.2) is 0 Å². The molecule has 0 unspecified atom stereocenters. The van der Waals surface area contributed by atoms with Crippen LogP contribution in [0.5, 0.6) is 0 Å². The molecule has 0 aliphatic rings. The highest BCUT2D eigenvalue weighted by molar-refractivity contribution is 5.83. The molecule has 84 valence electrons. The lowest BCUT2D eigenvalue weighted by atomic mass is 10.1. The summed E-state index contributed by atoms with van der Waals surface area (Å²) in [6.45, 7) is 0.806. The lowest BCUT2D eigenvalue weighted by Gasteiger charge is -2.06. The Balaban J connectivity index is 1.84. The first-order valence-electron chi connectivity index (χ1n) is 5.62. The maximum absolute atomic E-state index is 4.08. The number of nitrogens with one attached hydrogen (secondary N) is 2. The molecule has 3 heteroatoms. The zero-order valence-corrected chi connectivity index (χ0v) is 9.35. The first kappa shape index (κ1) is 9.90. The molecule has 0 amide bonds. The molecular formula is C14H13N3. The largest absolute Gasteiger partial charge is 0.380 e. The second-order valence-electron chi connectivity index (χ2n) is 3.95. The number of fused-ring (bicyclic) bond motifs is 1. The van der Waals surface area contributed by atoms with Gasteiger partial charge in [0.15, 0.2) is 0 Å². The van der Waals surface area contributed by atoms with Crippen molar-refractivity contribution in [1.29, 1.82) is 0 Å². The third-order valence-corrected chi connectivity index (χ3v) is 2.83. The molecule has 2 aromatic heterocycles. The fraction of sp³-hybridized carbons (Fsp3) is 0.0714. The Morgan fingerprint density at radius 1 is 1.12 bits per heavy atom. The van der Waals surface area contributed by atoms with E-state index in [1.807, 2.05) is 24.5 Å². The average Bonchev–Trinajstić information content (AvgIpc) is 2.86. The molecule has 3 rings (SSSR count). The number of aromatic nitrogens is 2. The lowest BCUT2D eigenvalue weighted by molar-refractivity contribution is 1.15. The molecule has 0 radical (unpaired) electrons. The molecule has 17 heavy (non-hydrogen) atoms. The van der Waals surface area contributed by atoms with Crippen LogP contribution < -0.4 is 5.32 Å². The maximum atomic E-state index is 4.08. The number of hydrogen-bond acceptors (Lipinski definition) is 2. The summed E-state index contributed by atoms with van der Waals surface area (Å²) in [5, 5.41) is 4.63. The molecule has 0 saturated heterocycles. The molecule has 0 atom stereocenters. The van der Waals surface area contributed by atoms with Crippen LogP contribution in [-0.4, -0.2) is 9.97 Å². The van der Waals surface area contributed by atoms with Gasteiger partial charge in [0.25, 0.3) is 0 Å². The summed E-state index contributed by atoms with van der Waals surface area (Å²) in [4.78, 5) is 7.30. The molecule has 0 aliphatic heterocycles. The summed E-state index contributed by atoms with van der Waals surface area (Å²) < 4.78 is 0. The summed E-state index contributed by atoms with van der Waals surface area (Å²) in [6.07, 6.45) is 5.58. The smallest absolute Gasteiger partial charge is 0.0529 e. The van der Waals surface area contributed by atoms with Gasteiger partial charge >= 0.3 is 0 Å². The van der Waals surface area contributed by atoms with Gasteiger partial charge in [-0.3, -0.25) is 4.98 Å². The number of benzene rings is 1. The van der Waals surface area contributed by atoms with Crippen molar-refractivity contribution in [2.75, 3.05) is 5.32 Å². The zero-order valence-electron chi connectivity index (χ0n) is 9.35. The third kappa shape index (κ3) is 1.99. The third-order valence-electron chi connectivity index (χ3n) is 2.83. The van der Waals surface area contributed by atoms with Crippen molar-refractivity contribution in [3.8, 4) is 0 Å². The topological polar surface area (TPSA) is 40.7 Å². The number of pyridine rings is 1. The number of H-pyrrole nitrogens is 1. The minimum absolute atomic E-state index is 0.806. The van der Waals surface area contributed by atoms with Crippen molar-refractivity contribution in [3.05, 3.63) is 60.6 Å². The molecule has 0 spiro atoms. The fourth-order valence-corrected chi connectivity index (χ4v) is 1.97. The van der Waals surface area contributed by atoms with Crippen LogP contribution in [0.1, 0.15) is 5.56 Å². The monoisotopic (exact) mass is 223 g/mol. The van der Waals surface area contributed by atoms with Gasteiger partial charge in [-0.1, -0.05) is 12.1 Å². The van der Waals surface area contributed by atoms with Gasteiger partial charge in [0.2, 0.25) is 0 Å². The second kappa shape index (κ2) is 4.29. The molecule has 2 heterocycles. The van der Waals surface area contributed by atoms with Crippen molar-refractivity contribution in [3.63, 3.8) is 0 Å². The quantitative estimate of drug-likeness (QED) is 0.716. The first-order chi connectivity index (χ1) is 8.43. The molecular weight excluding hydrogens is 210 g/mol. The van der Waals surface area contributed by atoms with Crippen LogP contribution in [0.3, 0.4) is 0 Å². The summed E-state index contributed by atoms with van der Waals surface area (Å²) in [5.41, 5.74) is 3.50. The highest BCUT2D eigenvalue weighted by Crippen LogP contribution is 2.18. The van der Waals surface area contributed by atoms with Gasteiger partial charge in [0.05, 0.1) is 5.69 Å². The summed E-state index contributed by atoms with van der Waals surface area (Å²) in [7, 11) is 0. The van der Waals surface area contributed by atoms with E-state index in [1.165, 1.54) is 16.5 Å². The minimum atomic E-state index is 0.806. The molecule has 1 aromatic carbocycles. The standard InChI is InChI=1S/C14H13N3/c1-3-11(13-6-8-16-14(13)5-1)9-17-12-4-2-7-15-10-12/h1-8,10,16-17H,9H2. The molecule has 3 aromatic rings. The van der Waals surface area contributed by atoms with Crippen LogP contribution in [-0.2, 0) is 6.54 Å². The highest BCUT2D eigenvalue weighted by Gasteiger charge is 2.00. The van der Waals surface area contributed by atoms with E-state index >= 15 is 0 Å². The van der Waals surface area contributed by atoms with Crippen LogP contribution in [0.25, 0.3) is 10.9 Å². The van der Waals surface area contributed by atoms with Gasteiger partial charge in [-0.2, -0.15) is 0 Å². The number of hydrogen-bond donors (Lipinski definition) is 2. The van der Waals surface area contributed by atoms with Crippen molar-refractivity contribution in [2.45, 2.75) is 6.54 Å². The Hall–Kier alpha value is -2.29. The van der Waals surface area contributed by atoms with Crippen LogP contribution >= 0.6 is 0 Å². The number of anilines is 1. The number of nitrogens with zero attached hydrogens (tertiary/aromatic N) is 1. The second-order valence-corrected chi connectivity index (χ2v) is 3.95. The Labute approximate surface area is 99.5 Å². The van der Waals surface area contributed by atoms with Crippen LogP contribution in [0.4, 0.5) is 5.69 Å². The van der Waals surface area contributed by atoms with Gasteiger partial charge < -0.3 is 10.3 Å². The van der Waals surface area contributed by atoms with Crippen molar-refractivity contribution in [2.24, 2.45) is 0 Å². The first-order valence-corrected chi connectivity index (χ1v) is 5.62. The van der Waals surface area contributed by atoms with Gasteiger partial charge in [-0.05, 0) is 29.8 Å². The lowest BCUT2D eigenvalue weighted by Crippen LogP contribution is -1.99. The normalized spacial score (nSPS) is 10.6. The molecule has 0 bridgehead atoms. The molecule has 3 nitrogen and oxygen atoms in total. The molecule has 0 fully saturated rings. The van der Waals surface area contributed by atoms with E-state index in [1.54, 1.807) is 6.20 Å². The fourth-order valence-electron chi connectivity index (χ4n) is 1.97. The minimum Gasteiger partial charge on any atom is -0.380 e. The number of rotatable bonds is 3. The van der Waals surface area contributed by atoms with Gasteiger partial charge in [-0.15, -0.1) is 0 Å². The van der Waals surface area contributed by atoms with E-state index in [0.717, 1.165) is 12.2 Å². The van der Waals surface area contributed by atoms with Gasteiger partial charge in [0, 0.05) is 36.0 Å². The highest BCUT2D eigenvalue weighted by atomic mass is 14.9. The Bertz CT molecular complexity index is 613. The van der Waals surface area contributed by atoms with E-state index in [0.29, 0.717) is 0 Å². The Morgan fingerprint density at radius 2 is 2.12 bits per heavy atom. The predicted octanol–water partition coefficient (Wildman–Crippen LogP) is 3.18. The van der Waals surface area contributed by atoms with Gasteiger partial charge in [0.1, 0.15) is 0 Å². The summed E-state index contributed by atoms with van der Waals surface area (Å²) >= 11 is 0. The Kier molecular flexibility index (Phi) is 2.50. The van der Waals surface area contributed by atoms with E-state index < -0.39 is 0 Å². The molecule has 0 saturated carbocycles. The molecule has 0 aliphatic carbocycles. The van der Waals surface area contributed by atoms with E-state index in [-0.39, 0.29) is 0 Å². The van der Waals surface area contributed by atoms with Crippen molar-refractivity contribution < 1.29 is 0 Å². The predicted molar refractivity (Wildman–Crippen MR) is 69.9 cm³/mol.